The summed E-state index contributed by atoms with van der Waals surface area (Å²) in [5.41, 5.74) is 11.0. The van der Waals surface area contributed by atoms with Crippen LogP contribution >= 0.6 is 0 Å². The Morgan fingerprint density at radius 1 is 1.50 bits per heavy atom. The molecule has 0 aliphatic carbocycles. The highest BCUT2D eigenvalue weighted by Gasteiger charge is 2.24. The van der Waals surface area contributed by atoms with Crippen molar-refractivity contribution < 1.29 is 9.59 Å². The third-order valence-corrected chi connectivity index (χ3v) is 3.52. The summed E-state index contributed by atoms with van der Waals surface area (Å²) in [4.78, 5) is 24.3. The summed E-state index contributed by atoms with van der Waals surface area (Å²) in [6.07, 6.45) is 5.52. The maximum Gasteiger partial charge on any atom is 0.319 e. The molecule has 1 aliphatic heterocycles. The summed E-state index contributed by atoms with van der Waals surface area (Å²) in [6, 6.07) is -0.546. The van der Waals surface area contributed by atoms with Crippen LogP contribution in [0.1, 0.15) is 45.4 Å². The Kier molecular flexibility index (Phi) is 7.14. The van der Waals surface area contributed by atoms with Crippen molar-refractivity contribution in [2.75, 3.05) is 13.1 Å². The number of hydrogen-bond donors (Lipinski definition) is 4. The van der Waals surface area contributed by atoms with Crippen LogP contribution < -0.4 is 22.1 Å². The van der Waals surface area contributed by atoms with Crippen molar-refractivity contribution in [1.29, 1.82) is 0 Å². The summed E-state index contributed by atoms with van der Waals surface area (Å²) < 4.78 is 0. The molecule has 0 aromatic rings. The van der Waals surface area contributed by atoms with Crippen LogP contribution in [-0.4, -0.2) is 42.3 Å². The molecule has 0 aromatic heterocycles. The smallest absolute Gasteiger partial charge is 0.319 e. The van der Waals surface area contributed by atoms with Crippen molar-refractivity contribution in [2.45, 2.75) is 57.7 Å². The molecule has 2 atom stereocenters. The number of urea groups is 2. The highest BCUT2D eigenvalue weighted by Crippen LogP contribution is 2.08. The zero-order chi connectivity index (χ0) is 15.0. The van der Waals surface area contributed by atoms with Crippen LogP contribution in [0.2, 0.25) is 0 Å². The van der Waals surface area contributed by atoms with Gasteiger partial charge in [-0.05, 0) is 19.3 Å². The minimum atomic E-state index is -0.620. The zero-order valence-electron chi connectivity index (χ0n) is 12.2. The number of nitrogens with zero attached hydrogens (tertiary/aromatic N) is 1. The van der Waals surface area contributed by atoms with Gasteiger partial charge in [-0.3, -0.25) is 0 Å². The summed E-state index contributed by atoms with van der Waals surface area (Å²) in [5.74, 6) is 0. The summed E-state index contributed by atoms with van der Waals surface area (Å²) >= 11 is 0. The predicted molar refractivity (Wildman–Crippen MR) is 78.0 cm³/mol. The molecule has 20 heavy (non-hydrogen) atoms. The summed E-state index contributed by atoms with van der Waals surface area (Å²) in [5, 5.41) is 5.20. The monoisotopic (exact) mass is 285 g/mol. The first-order valence-corrected chi connectivity index (χ1v) is 7.40. The van der Waals surface area contributed by atoms with Crippen molar-refractivity contribution in [1.82, 2.24) is 15.5 Å². The molecule has 1 unspecified atom stereocenters. The molecule has 0 spiro atoms. The van der Waals surface area contributed by atoms with Gasteiger partial charge in [0.05, 0.1) is 0 Å². The second-order valence-corrected chi connectivity index (χ2v) is 5.33. The largest absolute Gasteiger partial charge is 0.352 e. The third-order valence-electron chi connectivity index (χ3n) is 3.52. The number of hydrogen-bond acceptors (Lipinski definition) is 3. The summed E-state index contributed by atoms with van der Waals surface area (Å²) in [7, 11) is 0. The van der Waals surface area contributed by atoms with Crippen molar-refractivity contribution in [3.05, 3.63) is 0 Å². The molecule has 0 bridgehead atoms. The lowest BCUT2D eigenvalue weighted by Crippen LogP contribution is -2.58. The number of carbonyl (C=O) groups is 2. The van der Waals surface area contributed by atoms with Crippen LogP contribution in [0.3, 0.4) is 0 Å². The number of nitrogens with one attached hydrogen (secondary N) is 2. The molecule has 1 saturated heterocycles. The molecule has 6 N–H and O–H groups in total. The normalized spacial score (nSPS) is 20.4. The van der Waals surface area contributed by atoms with Gasteiger partial charge in [0.15, 0.2) is 0 Å². The highest BCUT2D eigenvalue weighted by molar-refractivity contribution is 5.77. The lowest BCUT2D eigenvalue weighted by atomic mass is 10.1. The van der Waals surface area contributed by atoms with E-state index in [0.29, 0.717) is 19.5 Å². The molecule has 1 aliphatic rings. The Bertz CT molecular complexity index is 324. The molecule has 4 amide bonds. The predicted octanol–water partition coefficient (Wildman–Crippen LogP) is 0.694. The molecule has 0 radical (unpaired) electrons. The van der Waals surface area contributed by atoms with Crippen molar-refractivity contribution in [2.24, 2.45) is 11.5 Å². The fourth-order valence-corrected chi connectivity index (χ4v) is 2.35. The minimum Gasteiger partial charge on any atom is -0.352 e. The van der Waals surface area contributed by atoms with Crippen LogP contribution in [0, 0.1) is 0 Å². The van der Waals surface area contributed by atoms with Gasteiger partial charge in [-0.25, -0.2) is 9.59 Å². The van der Waals surface area contributed by atoms with E-state index in [9.17, 15) is 9.59 Å². The number of unbranched alkanes of at least 4 members (excludes halogenated alkanes) is 1. The Morgan fingerprint density at radius 2 is 2.20 bits per heavy atom. The van der Waals surface area contributed by atoms with E-state index < -0.39 is 6.03 Å². The number of carbonyl (C=O) groups excluding carboxylic acids is 2. The van der Waals surface area contributed by atoms with E-state index in [1.807, 2.05) is 0 Å². The first-order chi connectivity index (χ1) is 9.52. The topological polar surface area (TPSA) is 113 Å². The fraction of sp³-hybridized carbons (Fsp3) is 0.846. The summed E-state index contributed by atoms with van der Waals surface area (Å²) in [6.45, 7) is 3.48. The van der Waals surface area contributed by atoms with Gasteiger partial charge in [-0.2, -0.15) is 0 Å². The average Bonchev–Trinajstić information content (AvgIpc) is 2.38. The molecular formula is C13H27N5O2. The average molecular weight is 285 g/mol. The quantitative estimate of drug-likeness (QED) is 0.526. The molecule has 1 fully saturated rings. The number of rotatable bonds is 8. The molecule has 0 aromatic carbocycles. The zero-order valence-corrected chi connectivity index (χ0v) is 12.2. The molecule has 1 rings (SSSR count). The van der Waals surface area contributed by atoms with E-state index in [-0.39, 0.29) is 18.2 Å². The third kappa shape index (κ3) is 6.10. The van der Waals surface area contributed by atoms with Crippen molar-refractivity contribution >= 4 is 12.1 Å². The molecule has 1 heterocycles. The lowest BCUT2D eigenvalue weighted by molar-refractivity contribution is 0.167. The van der Waals surface area contributed by atoms with E-state index in [1.54, 1.807) is 4.90 Å². The van der Waals surface area contributed by atoms with E-state index in [0.717, 1.165) is 32.1 Å². The van der Waals surface area contributed by atoms with Gasteiger partial charge in [0.2, 0.25) is 0 Å². The number of nitrogens with two attached hydrogens (primary N) is 2. The maximum absolute atomic E-state index is 11.8. The van der Waals surface area contributed by atoms with E-state index in [2.05, 4.69) is 17.6 Å². The van der Waals surface area contributed by atoms with Gasteiger partial charge in [0.25, 0.3) is 0 Å². The van der Waals surface area contributed by atoms with E-state index >= 15 is 0 Å². The molecule has 7 nitrogen and oxygen atoms in total. The first-order valence-electron chi connectivity index (χ1n) is 7.40. The minimum absolute atomic E-state index is 0.155. The fourth-order valence-electron chi connectivity index (χ4n) is 2.35. The lowest BCUT2D eigenvalue weighted by Gasteiger charge is -2.33. The highest BCUT2D eigenvalue weighted by atomic mass is 16.2. The Balaban J connectivity index is 2.19. The van der Waals surface area contributed by atoms with Gasteiger partial charge in [0, 0.05) is 25.6 Å². The van der Waals surface area contributed by atoms with E-state index in [4.69, 9.17) is 11.5 Å². The van der Waals surface area contributed by atoms with Gasteiger partial charge < -0.3 is 27.0 Å². The molecule has 7 heteroatoms. The SMILES string of the molecule is CCCC[C@H](N)CCCN1CCC(NC(N)=O)NC1=O. The standard InChI is InChI=1S/C13H27N5O2/c1-2-3-5-10(14)6-4-8-18-9-7-11(16-12(15)19)17-13(18)20/h10-11H,2-9,14H2,1H3,(H,17,20)(H3,15,16,19)/t10-,11?/m0/s1. The Hall–Kier alpha value is -1.50. The van der Waals surface area contributed by atoms with Crippen LogP contribution in [0.5, 0.6) is 0 Å². The maximum atomic E-state index is 11.8. The van der Waals surface area contributed by atoms with Crippen LogP contribution in [0.4, 0.5) is 9.59 Å². The molecule has 0 saturated carbocycles. The first kappa shape index (κ1) is 16.6. The number of primary amides is 1. The van der Waals surface area contributed by atoms with Crippen LogP contribution in [0.25, 0.3) is 0 Å². The second kappa shape index (κ2) is 8.63. The van der Waals surface area contributed by atoms with Crippen LogP contribution in [-0.2, 0) is 0 Å². The van der Waals surface area contributed by atoms with Crippen molar-refractivity contribution in [3.63, 3.8) is 0 Å². The second-order valence-electron chi connectivity index (χ2n) is 5.33. The van der Waals surface area contributed by atoms with Gasteiger partial charge in [-0.15, -0.1) is 0 Å². The number of amides is 4. The van der Waals surface area contributed by atoms with Crippen LogP contribution in [0.15, 0.2) is 0 Å². The Morgan fingerprint density at radius 3 is 2.80 bits per heavy atom. The van der Waals surface area contributed by atoms with Crippen molar-refractivity contribution in [3.8, 4) is 0 Å². The molecule has 116 valence electrons. The Labute approximate surface area is 120 Å². The molecular weight excluding hydrogens is 258 g/mol. The van der Waals surface area contributed by atoms with Gasteiger partial charge >= 0.3 is 12.1 Å². The van der Waals surface area contributed by atoms with E-state index in [1.165, 1.54) is 0 Å². The van der Waals surface area contributed by atoms with Gasteiger partial charge in [-0.1, -0.05) is 19.8 Å². The van der Waals surface area contributed by atoms with Gasteiger partial charge in [0.1, 0.15) is 6.17 Å².